The molecule has 0 unspecified atom stereocenters. The summed E-state index contributed by atoms with van der Waals surface area (Å²) in [7, 11) is 1.63. The fourth-order valence-electron chi connectivity index (χ4n) is 3.60. The van der Waals surface area contributed by atoms with Gasteiger partial charge in [-0.05, 0) is 41.8 Å². The van der Waals surface area contributed by atoms with Crippen LogP contribution in [0.25, 0.3) is 12.2 Å². The van der Waals surface area contributed by atoms with Gasteiger partial charge < -0.3 is 20.7 Å². The van der Waals surface area contributed by atoms with E-state index in [0.29, 0.717) is 24.2 Å². The number of ether oxygens (including phenoxy) is 1. The van der Waals surface area contributed by atoms with Gasteiger partial charge in [0.2, 0.25) is 5.91 Å². The van der Waals surface area contributed by atoms with Crippen molar-refractivity contribution in [2.24, 2.45) is 5.73 Å². The lowest BCUT2D eigenvalue weighted by molar-refractivity contribution is -0.119. The number of anilines is 1. The fourth-order valence-corrected chi connectivity index (χ4v) is 3.60. The number of fused-ring (bicyclic) bond motifs is 2. The third-order valence-corrected chi connectivity index (χ3v) is 5.09. The van der Waals surface area contributed by atoms with Crippen LogP contribution in [0.4, 0.5) is 5.69 Å². The van der Waals surface area contributed by atoms with Gasteiger partial charge in [0.05, 0.1) is 18.4 Å². The molecule has 0 radical (unpaired) electrons. The summed E-state index contributed by atoms with van der Waals surface area (Å²) in [6.45, 7) is 0.503. The standard InChI is InChI=1S/C21H21N3O3/c1-27-15-7-4-13(5-8-15)2-3-14-6-9-18-16(12-14)21(26)24-11-10-17(22)19(24)20(25)23-18/h2-9,12,17,19H,10-11,22H2,1H3,(H,23,25)/b3-2+/t17-,19-/m0/s1. The minimum Gasteiger partial charge on any atom is -0.497 e. The van der Waals surface area contributed by atoms with E-state index in [0.717, 1.165) is 16.9 Å². The molecule has 6 heteroatoms. The maximum Gasteiger partial charge on any atom is 0.256 e. The second-order valence-electron chi connectivity index (χ2n) is 6.80. The number of amides is 2. The molecule has 0 bridgehead atoms. The van der Waals surface area contributed by atoms with E-state index >= 15 is 0 Å². The first-order chi connectivity index (χ1) is 13.1. The van der Waals surface area contributed by atoms with Crippen LogP contribution >= 0.6 is 0 Å². The second-order valence-corrected chi connectivity index (χ2v) is 6.80. The maximum absolute atomic E-state index is 12.9. The van der Waals surface area contributed by atoms with Gasteiger partial charge in [0.1, 0.15) is 11.8 Å². The first-order valence-electron chi connectivity index (χ1n) is 8.90. The third-order valence-electron chi connectivity index (χ3n) is 5.09. The summed E-state index contributed by atoms with van der Waals surface area (Å²) >= 11 is 0. The number of nitrogens with zero attached hydrogens (tertiary/aromatic N) is 1. The minimum absolute atomic E-state index is 0.152. The molecule has 27 heavy (non-hydrogen) atoms. The summed E-state index contributed by atoms with van der Waals surface area (Å²) in [5.74, 6) is 0.437. The second kappa shape index (κ2) is 6.89. The van der Waals surface area contributed by atoms with E-state index in [1.807, 2.05) is 48.6 Å². The first kappa shape index (κ1) is 17.3. The van der Waals surface area contributed by atoms with Crippen LogP contribution in [-0.4, -0.2) is 42.5 Å². The van der Waals surface area contributed by atoms with E-state index in [1.165, 1.54) is 0 Å². The number of nitrogens with two attached hydrogens (primary N) is 1. The van der Waals surface area contributed by atoms with E-state index < -0.39 is 6.04 Å². The summed E-state index contributed by atoms with van der Waals surface area (Å²) in [6, 6.07) is 12.3. The van der Waals surface area contributed by atoms with E-state index in [2.05, 4.69) is 5.32 Å². The van der Waals surface area contributed by atoms with Gasteiger partial charge in [0, 0.05) is 12.6 Å². The Bertz CT molecular complexity index is 921. The lowest BCUT2D eigenvalue weighted by Gasteiger charge is -2.22. The van der Waals surface area contributed by atoms with E-state index in [4.69, 9.17) is 10.5 Å². The molecule has 138 valence electrons. The van der Waals surface area contributed by atoms with E-state index in [1.54, 1.807) is 18.1 Å². The molecule has 6 nitrogen and oxygen atoms in total. The number of hydrogen-bond donors (Lipinski definition) is 2. The summed E-state index contributed by atoms with van der Waals surface area (Å²) in [4.78, 5) is 27.0. The predicted octanol–water partition coefficient (Wildman–Crippen LogP) is 2.36. The molecule has 2 aromatic carbocycles. The molecule has 0 aliphatic carbocycles. The number of carbonyl (C=O) groups excluding carboxylic acids is 2. The average Bonchev–Trinajstić information content (AvgIpc) is 3.04. The minimum atomic E-state index is -0.594. The SMILES string of the molecule is COc1ccc(/C=C/c2ccc3c(c2)C(=O)N2CC[C@H](N)[C@H]2C(=O)N3)cc1. The van der Waals surface area contributed by atoms with Crippen molar-refractivity contribution < 1.29 is 14.3 Å². The highest BCUT2D eigenvalue weighted by molar-refractivity contribution is 6.10. The van der Waals surface area contributed by atoms with Crippen molar-refractivity contribution in [1.82, 2.24) is 4.90 Å². The number of methoxy groups -OCH3 is 1. The molecule has 2 aliphatic heterocycles. The monoisotopic (exact) mass is 363 g/mol. The summed E-state index contributed by atoms with van der Waals surface area (Å²) in [5.41, 5.74) is 8.97. The Labute approximate surface area is 157 Å². The zero-order valence-electron chi connectivity index (χ0n) is 15.0. The lowest BCUT2D eigenvalue weighted by atomic mass is 10.1. The van der Waals surface area contributed by atoms with Crippen LogP contribution in [-0.2, 0) is 4.79 Å². The van der Waals surface area contributed by atoms with Crippen molar-refractivity contribution >= 4 is 29.7 Å². The molecular weight excluding hydrogens is 342 g/mol. The van der Waals surface area contributed by atoms with Gasteiger partial charge in [-0.1, -0.05) is 30.4 Å². The van der Waals surface area contributed by atoms with Gasteiger partial charge in [-0.25, -0.2) is 0 Å². The molecule has 2 heterocycles. The molecule has 0 aromatic heterocycles. The molecule has 2 aromatic rings. The Morgan fingerprint density at radius 2 is 1.81 bits per heavy atom. The summed E-state index contributed by atoms with van der Waals surface area (Å²) in [5, 5.41) is 2.85. The molecular formula is C21H21N3O3. The first-order valence-corrected chi connectivity index (χ1v) is 8.90. The van der Waals surface area contributed by atoms with Gasteiger partial charge in [0.15, 0.2) is 0 Å². The van der Waals surface area contributed by atoms with E-state index in [9.17, 15) is 9.59 Å². The number of benzene rings is 2. The Morgan fingerprint density at radius 1 is 1.11 bits per heavy atom. The van der Waals surface area contributed by atoms with Crippen molar-refractivity contribution in [3.63, 3.8) is 0 Å². The van der Waals surface area contributed by atoms with Gasteiger partial charge in [-0.3, -0.25) is 9.59 Å². The maximum atomic E-state index is 12.9. The lowest BCUT2D eigenvalue weighted by Crippen LogP contribution is -2.48. The van der Waals surface area contributed by atoms with Crippen LogP contribution in [0.3, 0.4) is 0 Å². The summed E-state index contributed by atoms with van der Waals surface area (Å²) < 4.78 is 5.16. The average molecular weight is 363 g/mol. The molecule has 1 saturated heterocycles. The van der Waals surface area contributed by atoms with Gasteiger partial charge in [-0.15, -0.1) is 0 Å². The quantitative estimate of drug-likeness (QED) is 0.820. The number of carbonyl (C=O) groups is 2. The zero-order valence-corrected chi connectivity index (χ0v) is 15.0. The van der Waals surface area contributed by atoms with Crippen LogP contribution in [0.2, 0.25) is 0 Å². The van der Waals surface area contributed by atoms with Crippen molar-refractivity contribution in [3.8, 4) is 5.75 Å². The van der Waals surface area contributed by atoms with Crippen molar-refractivity contribution in [3.05, 3.63) is 59.2 Å². The smallest absolute Gasteiger partial charge is 0.256 e. The van der Waals surface area contributed by atoms with Crippen LogP contribution in [0.1, 0.15) is 27.9 Å². The van der Waals surface area contributed by atoms with Crippen molar-refractivity contribution in [1.29, 1.82) is 0 Å². The zero-order chi connectivity index (χ0) is 19.0. The van der Waals surface area contributed by atoms with Crippen molar-refractivity contribution in [2.45, 2.75) is 18.5 Å². The number of nitrogens with one attached hydrogen (secondary N) is 1. The molecule has 0 spiro atoms. The van der Waals surface area contributed by atoms with Crippen molar-refractivity contribution in [2.75, 3.05) is 19.0 Å². The fraction of sp³-hybridized carbons (Fsp3) is 0.238. The molecule has 4 rings (SSSR count). The van der Waals surface area contributed by atoms with Crippen LogP contribution < -0.4 is 15.8 Å². The van der Waals surface area contributed by atoms with Crippen LogP contribution in [0.15, 0.2) is 42.5 Å². The highest BCUT2D eigenvalue weighted by atomic mass is 16.5. The molecule has 1 fully saturated rings. The van der Waals surface area contributed by atoms with Gasteiger partial charge in [0.25, 0.3) is 5.91 Å². The van der Waals surface area contributed by atoms with Gasteiger partial charge in [-0.2, -0.15) is 0 Å². The largest absolute Gasteiger partial charge is 0.497 e. The third kappa shape index (κ3) is 3.19. The van der Waals surface area contributed by atoms with Crippen LogP contribution in [0.5, 0.6) is 5.75 Å². The molecule has 2 aliphatic rings. The number of hydrogen-bond acceptors (Lipinski definition) is 4. The highest BCUT2D eigenvalue weighted by Gasteiger charge is 2.43. The summed E-state index contributed by atoms with van der Waals surface area (Å²) in [6.07, 6.45) is 4.54. The van der Waals surface area contributed by atoms with Gasteiger partial charge >= 0.3 is 0 Å². The Kier molecular flexibility index (Phi) is 4.41. The van der Waals surface area contributed by atoms with E-state index in [-0.39, 0.29) is 17.9 Å². The Hall–Kier alpha value is -3.12. The molecule has 2 amide bonds. The highest BCUT2D eigenvalue weighted by Crippen LogP contribution is 2.29. The van der Waals surface area contributed by atoms with Crippen LogP contribution in [0, 0.1) is 0 Å². The molecule has 2 atom stereocenters. The predicted molar refractivity (Wildman–Crippen MR) is 104 cm³/mol. The normalized spacial score (nSPS) is 21.6. The molecule has 0 saturated carbocycles. The number of rotatable bonds is 3. The Morgan fingerprint density at radius 3 is 2.56 bits per heavy atom. The topological polar surface area (TPSA) is 84.7 Å². The Balaban J connectivity index is 1.62. The molecule has 3 N–H and O–H groups in total.